The van der Waals surface area contributed by atoms with Gasteiger partial charge in [-0.1, -0.05) is 170 Å². The molecule has 0 aliphatic heterocycles. The van der Waals surface area contributed by atoms with Crippen LogP contribution in [0.2, 0.25) is 0 Å². The predicted octanol–water partition coefficient (Wildman–Crippen LogP) is 13.5. The van der Waals surface area contributed by atoms with E-state index in [2.05, 4.69) is 217 Å². The lowest BCUT2D eigenvalue weighted by Gasteiger charge is -2.27. The van der Waals surface area contributed by atoms with Gasteiger partial charge in [-0.15, -0.1) is 0 Å². The largest absolute Gasteiger partial charge is 0.310 e. The quantitative estimate of drug-likeness (QED) is 0.162. The molecule has 0 radical (unpaired) electrons. The first kappa shape index (κ1) is 29.9. The molecular formula is C48H35N. The van der Waals surface area contributed by atoms with Crippen molar-refractivity contribution < 1.29 is 0 Å². The molecule has 0 fully saturated rings. The van der Waals surface area contributed by atoms with E-state index in [0.29, 0.717) is 0 Å². The number of hydrogen-bond donors (Lipinski definition) is 0. The highest BCUT2D eigenvalue weighted by molar-refractivity contribution is 5.89. The van der Waals surface area contributed by atoms with Crippen LogP contribution in [0.4, 0.5) is 17.1 Å². The third-order valence-electron chi connectivity index (χ3n) is 9.07. The summed E-state index contributed by atoms with van der Waals surface area (Å²) in [5.41, 5.74) is 15.3. The Balaban J connectivity index is 1.25. The summed E-state index contributed by atoms with van der Waals surface area (Å²) in [6.45, 7) is 0. The van der Waals surface area contributed by atoms with E-state index in [4.69, 9.17) is 0 Å². The molecule has 0 atom stereocenters. The van der Waals surface area contributed by atoms with Gasteiger partial charge in [-0.25, -0.2) is 0 Å². The molecule has 232 valence electrons. The first-order valence-electron chi connectivity index (χ1n) is 16.8. The summed E-state index contributed by atoms with van der Waals surface area (Å²) >= 11 is 0. The normalized spacial score (nSPS) is 10.9. The van der Waals surface area contributed by atoms with Gasteiger partial charge in [-0.3, -0.25) is 0 Å². The molecule has 0 aliphatic rings. The summed E-state index contributed by atoms with van der Waals surface area (Å²) in [5.74, 6) is 0. The maximum Gasteiger partial charge on any atom is 0.0467 e. The summed E-state index contributed by atoms with van der Waals surface area (Å²) in [4.78, 5) is 2.36. The van der Waals surface area contributed by atoms with E-state index < -0.39 is 0 Å². The van der Waals surface area contributed by atoms with Crippen molar-refractivity contribution in [1.82, 2.24) is 0 Å². The Labute approximate surface area is 289 Å². The van der Waals surface area contributed by atoms with Crippen molar-refractivity contribution in [2.75, 3.05) is 4.90 Å². The monoisotopic (exact) mass is 625 g/mol. The van der Waals surface area contributed by atoms with E-state index in [1.54, 1.807) is 0 Å². The van der Waals surface area contributed by atoms with Crippen LogP contribution in [0.5, 0.6) is 0 Å². The first-order chi connectivity index (χ1) is 24.3. The van der Waals surface area contributed by atoms with Gasteiger partial charge >= 0.3 is 0 Å². The molecule has 0 heterocycles. The Hall–Kier alpha value is -6.44. The van der Waals surface area contributed by atoms with Crippen molar-refractivity contribution in [3.63, 3.8) is 0 Å². The average molecular weight is 626 g/mol. The number of rotatable bonds is 8. The molecule has 0 unspecified atom stereocenters. The molecule has 0 saturated heterocycles. The number of benzene rings is 8. The van der Waals surface area contributed by atoms with Gasteiger partial charge in [0.1, 0.15) is 0 Å². The first-order valence-corrected chi connectivity index (χ1v) is 16.8. The van der Waals surface area contributed by atoms with E-state index in [9.17, 15) is 0 Å². The predicted molar refractivity (Wildman–Crippen MR) is 208 cm³/mol. The van der Waals surface area contributed by atoms with Crippen molar-refractivity contribution in [1.29, 1.82) is 0 Å². The number of anilines is 3. The Bertz CT molecular complexity index is 2210. The van der Waals surface area contributed by atoms with Crippen LogP contribution in [0.3, 0.4) is 0 Å². The summed E-state index contributed by atoms with van der Waals surface area (Å²) in [5, 5.41) is 0. The van der Waals surface area contributed by atoms with Crippen LogP contribution in [0.25, 0.3) is 55.6 Å². The lowest BCUT2D eigenvalue weighted by molar-refractivity contribution is 1.28. The molecule has 8 aromatic rings. The third kappa shape index (κ3) is 6.43. The second kappa shape index (κ2) is 13.7. The van der Waals surface area contributed by atoms with Gasteiger partial charge in [0.2, 0.25) is 0 Å². The molecule has 0 spiro atoms. The zero-order valence-corrected chi connectivity index (χ0v) is 27.2. The molecule has 1 heteroatoms. The molecule has 0 saturated carbocycles. The SMILES string of the molecule is c1ccc(-c2cccc(N(c3ccc(-c4cc(-c5ccccc5)ccc4-c4ccccc4)cc3)c3cccc(-c4ccccc4)c3)c2)cc1. The number of nitrogens with zero attached hydrogens (tertiary/aromatic N) is 1. The minimum absolute atomic E-state index is 1.10. The van der Waals surface area contributed by atoms with Crippen LogP contribution < -0.4 is 4.90 Å². The van der Waals surface area contributed by atoms with E-state index >= 15 is 0 Å². The maximum atomic E-state index is 2.36. The van der Waals surface area contributed by atoms with Crippen molar-refractivity contribution in [3.05, 3.63) is 212 Å². The Morgan fingerprint density at radius 3 is 1.04 bits per heavy atom. The molecule has 1 nitrogen and oxygen atoms in total. The van der Waals surface area contributed by atoms with Gasteiger partial charge < -0.3 is 4.90 Å². The lowest BCUT2D eigenvalue weighted by Crippen LogP contribution is -2.10. The van der Waals surface area contributed by atoms with E-state index in [1.165, 1.54) is 55.6 Å². The highest BCUT2D eigenvalue weighted by Crippen LogP contribution is 2.41. The van der Waals surface area contributed by atoms with Gasteiger partial charge in [0.05, 0.1) is 0 Å². The fourth-order valence-electron chi connectivity index (χ4n) is 6.61. The molecule has 49 heavy (non-hydrogen) atoms. The summed E-state index contributed by atoms with van der Waals surface area (Å²) in [6, 6.07) is 76.0. The van der Waals surface area contributed by atoms with Crippen LogP contribution in [0, 0.1) is 0 Å². The molecule has 0 aliphatic carbocycles. The zero-order chi connectivity index (χ0) is 32.8. The number of hydrogen-bond acceptors (Lipinski definition) is 1. The Morgan fingerprint density at radius 1 is 0.204 bits per heavy atom. The van der Waals surface area contributed by atoms with Crippen molar-refractivity contribution >= 4 is 17.1 Å². The van der Waals surface area contributed by atoms with E-state index in [1.807, 2.05) is 0 Å². The third-order valence-corrected chi connectivity index (χ3v) is 9.07. The zero-order valence-electron chi connectivity index (χ0n) is 27.2. The van der Waals surface area contributed by atoms with Crippen molar-refractivity contribution in [2.24, 2.45) is 0 Å². The summed E-state index contributed by atoms with van der Waals surface area (Å²) in [6.07, 6.45) is 0. The molecule has 0 bridgehead atoms. The smallest absolute Gasteiger partial charge is 0.0467 e. The van der Waals surface area contributed by atoms with Crippen LogP contribution in [-0.4, -0.2) is 0 Å². The highest BCUT2D eigenvalue weighted by Gasteiger charge is 2.16. The van der Waals surface area contributed by atoms with Crippen LogP contribution in [0.1, 0.15) is 0 Å². The molecule has 0 N–H and O–H groups in total. The molecule has 8 aromatic carbocycles. The van der Waals surface area contributed by atoms with Crippen molar-refractivity contribution in [2.45, 2.75) is 0 Å². The van der Waals surface area contributed by atoms with Crippen LogP contribution in [0.15, 0.2) is 212 Å². The Morgan fingerprint density at radius 2 is 0.571 bits per heavy atom. The van der Waals surface area contributed by atoms with Gasteiger partial charge in [-0.05, 0) is 98.1 Å². The standard InChI is InChI=1S/C48H35N/c1-5-15-36(16-6-1)41-23-13-25-45(33-41)49(46-26-14-24-42(34-46)37-17-7-2-8-18-37)44-30-27-40(28-31-44)48-35-43(38-19-9-3-10-20-38)29-32-47(48)39-21-11-4-12-22-39/h1-35H. The summed E-state index contributed by atoms with van der Waals surface area (Å²) in [7, 11) is 0. The second-order valence-electron chi connectivity index (χ2n) is 12.2. The van der Waals surface area contributed by atoms with Gasteiger partial charge in [0.25, 0.3) is 0 Å². The molecular weight excluding hydrogens is 591 g/mol. The van der Waals surface area contributed by atoms with E-state index in [0.717, 1.165) is 17.1 Å². The fraction of sp³-hybridized carbons (Fsp3) is 0. The molecule has 0 aromatic heterocycles. The lowest BCUT2D eigenvalue weighted by atomic mass is 9.91. The minimum atomic E-state index is 1.10. The maximum absolute atomic E-state index is 2.36. The highest BCUT2D eigenvalue weighted by atomic mass is 15.1. The molecule has 8 rings (SSSR count). The second-order valence-corrected chi connectivity index (χ2v) is 12.2. The topological polar surface area (TPSA) is 3.24 Å². The van der Waals surface area contributed by atoms with Crippen LogP contribution >= 0.6 is 0 Å². The Kier molecular flexibility index (Phi) is 8.39. The van der Waals surface area contributed by atoms with Crippen molar-refractivity contribution in [3.8, 4) is 55.6 Å². The van der Waals surface area contributed by atoms with E-state index in [-0.39, 0.29) is 0 Å². The average Bonchev–Trinajstić information content (AvgIpc) is 3.20. The van der Waals surface area contributed by atoms with Gasteiger partial charge in [0.15, 0.2) is 0 Å². The minimum Gasteiger partial charge on any atom is -0.310 e. The van der Waals surface area contributed by atoms with Crippen LogP contribution in [-0.2, 0) is 0 Å². The molecule has 0 amide bonds. The summed E-state index contributed by atoms with van der Waals surface area (Å²) < 4.78 is 0. The fourth-order valence-corrected chi connectivity index (χ4v) is 6.61. The van der Waals surface area contributed by atoms with Gasteiger partial charge in [-0.2, -0.15) is 0 Å². The van der Waals surface area contributed by atoms with Gasteiger partial charge in [0, 0.05) is 17.1 Å².